The molecule has 132 valence electrons. The van der Waals surface area contributed by atoms with Gasteiger partial charge in [0.05, 0.1) is 0 Å². The number of piperidine rings is 2. The second kappa shape index (κ2) is 8.63. The summed E-state index contributed by atoms with van der Waals surface area (Å²) in [5.74, 6) is 1.20. The lowest BCUT2D eigenvalue weighted by Gasteiger charge is -2.31. The lowest BCUT2D eigenvalue weighted by molar-refractivity contribution is -0.125. The zero-order valence-electron chi connectivity index (χ0n) is 14.9. The molecule has 2 aliphatic rings. The molecule has 2 saturated heterocycles. The van der Waals surface area contributed by atoms with Gasteiger partial charge in [0.15, 0.2) is 0 Å². The Balaban J connectivity index is 1.56. The van der Waals surface area contributed by atoms with E-state index in [-0.39, 0.29) is 11.8 Å². The lowest BCUT2D eigenvalue weighted by Crippen LogP contribution is -2.38. The van der Waals surface area contributed by atoms with Crippen molar-refractivity contribution in [2.24, 2.45) is 11.8 Å². The van der Waals surface area contributed by atoms with E-state index in [4.69, 9.17) is 0 Å². The maximum atomic E-state index is 12.4. The van der Waals surface area contributed by atoms with Crippen molar-refractivity contribution in [3.63, 3.8) is 0 Å². The molecule has 1 amide bonds. The van der Waals surface area contributed by atoms with Gasteiger partial charge >= 0.3 is 0 Å². The fraction of sp³-hybridized carbons (Fsp3) is 0.650. The number of hydrogen-bond acceptors (Lipinski definition) is 3. The molecule has 1 atom stereocenters. The van der Waals surface area contributed by atoms with Crippen LogP contribution < -0.4 is 10.6 Å². The lowest BCUT2D eigenvalue weighted by atomic mass is 9.97. The highest BCUT2D eigenvalue weighted by atomic mass is 16.1. The smallest absolute Gasteiger partial charge is 0.223 e. The zero-order chi connectivity index (χ0) is 16.8. The second-order valence-corrected chi connectivity index (χ2v) is 7.49. The van der Waals surface area contributed by atoms with Crippen LogP contribution in [0.4, 0.5) is 0 Å². The summed E-state index contributed by atoms with van der Waals surface area (Å²) in [6, 6.07) is 8.56. The number of hydrogen-bond donors (Lipinski definition) is 2. The minimum Gasteiger partial charge on any atom is -0.352 e. The summed E-state index contributed by atoms with van der Waals surface area (Å²) in [5.41, 5.74) is 2.62. The Morgan fingerprint density at radius 3 is 2.71 bits per heavy atom. The Morgan fingerprint density at radius 2 is 1.96 bits per heavy atom. The third-order valence-corrected chi connectivity index (χ3v) is 5.42. The average molecular weight is 329 g/mol. The van der Waals surface area contributed by atoms with Crippen LogP contribution >= 0.6 is 0 Å². The normalized spacial score (nSPS) is 23.1. The summed E-state index contributed by atoms with van der Waals surface area (Å²) in [7, 11) is 0. The fourth-order valence-electron chi connectivity index (χ4n) is 3.97. The first-order chi connectivity index (χ1) is 11.7. The molecule has 2 fully saturated rings. The van der Waals surface area contributed by atoms with E-state index in [0.29, 0.717) is 6.54 Å². The number of benzene rings is 1. The molecule has 3 rings (SSSR count). The van der Waals surface area contributed by atoms with Crippen molar-refractivity contribution >= 4 is 5.91 Å². The van der Waals surface area contributed by atoms with Crippen molar-refractivity contribution in [2.75, 3.05) is 26.2 Å². The minimum absolute atomic E-state index is 0.182. The summed E-state index contributed by atoms with van der Waals surface area (Å²) in [5, 5.41) is 6.49. The monoisotopic (exact) mass is 329 g/mol. The van der Waals surface area contributed by atoms with E-state index in [1.807, 2.05) is 0 Å². The SMILES string of the molecule is CC1CCCN(Cc2ccccc2CNC(=O)C2CCNCC2)C1. The van der Waals surface area contributed by atoms with Crippen LogP contribution in [-0.2, 0) is 17.9 Å². The Morgan fingerprint density at radius 1 is 1.21 bits per heavy atom. The van der Waals surface area contributed by atoms with Crippen LogP contribution in [0, 0.1) is 11.8 Å². The Bertz CT molecular complexity index is 539. The van der Waals surface area contributed by atoms with Gasteiger partial charge in [0, 0.05) is 25.6 Å². The topological polar surface area (TPSA) is 44.4 Å². The Kier molecular flexibility index (Phi) is 6.27. The molecule has 0 aliphatic carbocycles. The summed E-state index contributed by atoms with van der Waals surface area (Å²) < 4.78 is 0. The largest absolute Gasteiger partial charge is 0.352 e. The van der Waals surface area contributed by atoms with Gasteiger partial charge < -0.3 is 10.6 Å². The standard InChI is InChI=1S/C20H31N3O/c1-16-5-4-12-23(14-16)15-19-7-3-2-6-18(19)13-22-20(24)17-8-10-21-11-9-17/h2-3,6-7,16-17,21H,4-5,8-15H2,1H3,(H,22,24). The average Bonchev–Trinajstić information content (AvgIpc) is 2.61. The predicted molar refractivity (Wildman–Crippen MR) is 97.6 cm³/mol. The summed E-state index contributed by atoms with van der Waals surface area (Å²) in [6.07, 6.45) is 4.57. The quantitative estimate of drug-likeness (QED) is 0.872. The van der Waals surface area contributed by atoms with Crippen LogP contribution in [0.5, 0.6) is 0 Å². The summed E-state index contributed by atoms with van der Waals surface area (Å²) in [4.78, 5) is 14.9. The fourth-order valence-corrected chi connectivity index (χ4v) is 3.97. The molecule has 1 aromatic rings. The molecule has 0 aromatic heterocycles. The minimum atomic E-state index is 0.182. The molecule has 2 N–H and O–H groups in total. The van der Waals surface area contributed by atoms with E-state index in [1.54, 1.807) is 0 Å². The van der Waals surface area contributed by atoms with Gasteiger partial charge in [-0.25, -0.2) is 0 Å². The van der Waals surface area contributed by atoms with Gasteiger partial charge in [-0.05, 0) is 62.4 Å². The van der Waals surface area contributed by atoms with Crippen molar-refractivity contribution in [3.05, 3.63) is 35.4 Å². The Labute approximate surface area is 146 Å². The number of carbonyl (C=O) groups excluding carboxylic acids is 1. The molecule has 4 nitrogen and oxygen atoms in total. The highest BCUT2D eigenvalue weighted by Gasteiger charge is 2.21. The number of rotatable bonds is 5. The first-order valence-electron chi connectivity index (χ1n) is 9.50. The van der Waals surface area contributed by atoms with Gasteiger partial charge in [-0.2, -0.15) is 0 Å². The van der Waals surface area contributed by atoms with E-state index < -0.39 is 0 Å². The van der Waals surface area contributed by atoms with Gasteiger partial charge in [-0.3, -0.25) is 9.69 Å². The molecule has 0 bridgehead atoms. The van der Waals surface area contributed by atoms with Gasteiger partial charge in [0.2, 0.25) is 5.91 Å². The first-order valence-corrected chi connectivity index (χ1v) is 9.50. The van der Waals surface area contributed by atoms with Gasteiger partial charge in [0.25, 0.3) is 0 Å². The maximum Gasteiger partial charge on any atom is 0.223 e. The second-order valence-electron chi connectivity index (χ2n) is 7.49. The molecule has 0 saturated carbocycles. The van der Waals surface area contributed by atoms with E-state index in [9.17, 15) is 4.79 Å². The highest BCUT2D eigenvalue weighted by molar-refractivity contribution is 5.78. The van der Waals surface area contributed by atoms with E-state index in [1.165, 1.54) is 37.1 Å². The number of likely N-dealkylation sites (tertiary alicyclic amines) is 1. The molecular formula is C20H31N3O. The van der Waals surface area contributed by atoms with Crippen molar-refractivity contribution < 1.29 is 4.79 Å². The van der Waals surface area contributed by atoms with Gasteiger partial charge in [-0.15, -0.1) is 0 Å². The molecule has 24 heavy (non-hydrogen) atoms. The zero-order valence-corrected chi connectivity index (χ0v) is 14.9. The van der Waals surface area contributed by atoms with Crippen molar-refractivity contribution in [1.29, 1.82) is 0 Å². The van der Waals surface area contributed by atoms with E-state index >= 15 is 0 Å². The summed E-state index contributed by atoms with van der Waals surface area (Å²) >= 11 is 0. The van der Waals surface area contributed by atoms with Crippen LogP contribution in [0.2, 0.25) is 0 Å². The van der Waals surface area contributed by atoms with E-state index in [2.05, 4.69) is 46.7 Å². The molecule has 0 spiro atoms. The molecule has 4 heteroatoms. The van der Waals surface area contributed by atoms with Crippen LogP contribution in [-0.4, -0.2) is 37.0 Å². The molecule has 1 aromatic carbocycles. The Hall–Kier alpha value is -1.39. The van der Waals surface area contributed by atoms with Crippen LogP contribution in [0.3, 0.4) is 0 Å². The third kappa shape index (κ3) is 4.81. The van der Waals surface area contributed by atoms with Gasteiger partial charge in [0.1, 0.15) is 0 Å². The molecule has 0 radical (unpaired) electrons. The van der Waals surface area contributed by atoms with Crippen LogP contribution in [0.1, 0.15) is 43.7 Å². The highest BCUT2D eigenvalue weighted by Crippen LogP contribution is 2.20. The number of amides is 1. The van der Waals surface area contributed by atoms with Crippen molar-refractivity contribution in [3.8, 4) is 0 Å². The number of nitrogens with one attached hydrogen (secondary N) is 2. The number of nitrogens with zero attached hydrogens (tertiary/aromatic N) is 1. The number of carbonyl (C=O) groups is 1. The summed E-state index contributed by atoms with van der Waals surface area (Å²) in [6.45, 7) is 8.31. The van der Waals surface area contributed by atoms with Crippen LogP contribution in [0.25, 0.3) is 0 Å². The van der Waals surface area contributed by atoms with Crippen molar-refractivity contribution in [1.82, 2.24) is 15.5 Å². The van der Waals surface area contributed by atoms with Crippen LogP contribution in [0.15, 0.2) is 24.3 Å². The third-order valence-electron chi connectivity index (χ3n) is 5.42. The molecule has 1 unspecified atom stereocenters. The molecular weight excluding hydrogens is 298 g/mol. The van der Waals surface area contributed by atoms with Gasteiger partial charge in [-0.1, -0.05) is 31.2 Å². The maximum absolute atomic E-state index is 12.4. The molecule has 2 heterocycles. The predicted octanol–water partition coefficient (Wildman–Crippen LogP) is 2.53. The first kappa shape index (κ1) is 17.4. The van der Waals surface area contributed by atoms with Crippen molar-refractivity contribution in [2.45, 2.75) is 45.7 Å². The molecule has 2 aliphatic heterocycles. The van der Waals surface area contributed by atoms with E-state index in [0.717, 1.165) is 38.4 Å².